The molecule has 2 N–H and O–H groups in total. The van der Waals surface area contributed by atoms with Crippen LogP contribution in [-0.4, -0.2) is 23.1 Å². The number of hydrogen-bond acceptors (Lipinski definition) is 5. The number of rotatable bonds is 4. The number of benzene rings is 3. The van der Waals surface area contributed by atoms with Crippen molar-refractivity contribution in [2.75, 3.05) is 12.4 Å². The van der Waals surface area contributed by atoms with Crippen LogP contribution in [-0.2, 0) is 0 Å². The zero-order valence-corrected chi connectivity index (χ0v) is 19.4. The topological polar surface area (TPSA) is 76.4 Å². The predicted molar refractivity (Wildman–Crippen MR) is 131 cm³/mol. The van der Waals surface area contributed by atoms with Crippen LogP contribution in [0.5, 0.6) is 5.75 Å². The van der Waals surface area contributed by atoms with Gasteiger partial charge in [-0.05, 0) is 67.2 Å². The summed E-state index contributed by atoms with van der Waals surface area (Å²) < 4.78 is 11.1. The van der Waals surface area contributed by atoms with E-state index in [2.05, 4.69) is 15.6 Å². The Kier molecular flexibility index (Phi) is 6.32. The van der Waals surface area contributed by atoms with E-state index in [0.29, 0.717) is 33.4 Å². The number of fused-ring (bicyclic) bond motifs is 1. The van der Waals surface area contributed by atoms with E-state index in [4.69, 9.17) is 44.6 Å². The lowest BCUT2D eigenvalue weighted by Gasteiger charge is -2.13. The molecule has 162 valence electrons. The molecule has 0 fully saturated rings. The highest BCUT2D eigenvalue weighted by Crippen LogP contribution is 2.29. The van der Waals surface area contributed by atoms with Crippen molar-refractivity contribution < 1.29 is 13.9 Å². The van der Waals surface area contributed by atoms with Crippen LogP contribution in [0.1, 0.15) is 15.9 Å². The maximum Gasteiger partial charge on any atom is 0.258 e. The monoisotopic (exact) mass is 485 g/mol. The molecule has 9 heteroatoms. The maximum absolute atomic E-state index is 12.5. The van der Waals surface area contributed by atoms with Gasteiger partial charge in [-0.1, -0.05) is 29.3 Å². The third-order valence-corrected chi connectivity index (χ3v) is 5.50. The lowest BCUT2D eigenvalue weighted by Crippen LogP contribution is -2.34. The predicted octanol–water partition coefficient (Wildman–Crippen LogP) is 6.25. The molecule has 0 radical (unpaired) electrons. The first-order valence-corrected chi connectivity index (χ1v) is 10.6. The number of aryl methyl sites for hydroxylation is 1. The summed E-state index contributed by atoms with van der Waals surface area (Å²) in [5.74, 6) is 0.693. The van der Waals surface area contributed by atoms with Crippen molar-refractivity contribution >= 4 is 63.2 Å². The van der Waals surface area contributed by atoms with Gasteiger partial charge in [0, 0.05) is 22.3 Å². The van der Waals surface area contributed by atoms with Crippen molar-refractivity contribution in [3.8, 4) is 17.2 Å². The number of carbonyl (C=O) groups is 1. The van der Waals surface area contributed by atoms with E-state index in [1.807, 2.05) is 37.3 Å². The summed E-state index contributed by atoms with van der Waals surface area (Å²) in [5.41, 5.74) is 3.94. The van der Waals surface area contributed by atoms with Gasteiger partial charge in [-0.15, -0.1) is 0 Å². The number of thiocarbonyl (C=S) groups is 1. The number of carbonyl (C=O) groups excluding carboxylic acids is 1. The standard InChI is InChI=1S/C23H17Cl2N3O3S/c1-12-3-4-13(22-26-19-11-15(30-2)6-8-20(19)31-22)9-18(12)27-23(32)28-21(29)16-10-14(24)5-7-17(16)25/h3-11H,1-2H3,(H2,27,28,29,32). The summed E-state index contributed by atoms with van der Waals surface area (Å²) in [7, 11) is 1.60. The second-order valence-electron chi connectivity index (χ2n) is 6.91. The smallest absolute Gasteiger partial charge is 0.258 e. The molecule has 6 nitrogen and oxygen atoms in total. The Labute approximate surface area is 199 Å². The Morgan fingerprint density at radius 3 is 2.69 bits per heavy atom. The normalized spacial score (nSPS) is 10.8. The van der Waals surface area contributed by atoms with Crippen LogP contribution < -0.4 is 15.4 Å². The maximum atomic E-state index is 12.5. The fourth-order valence-corrected chi connectivity index (χ4v) is 3.62. The Balaban J connectivity index is 1.54. The lowest BCUT2D eigenvalue weighted by molar-refractivity contribution is 0.0978. The average Bonchev–Trinajstić information content (AvgIpc) is 3.20. The molecule has 32 heavy (non-hydrogen) atoms. The van der Waals surface area contributed by atoms with E-state index in [1.165, 1.54) is 6.07 Å². The van der Waals surface area contributed by atoms with Crippen molar-refractivity contribution in [1.29, 1.82) is 0 Å². The molecule has 0 saturated heterocycles. The van der Waals surface area contributed by atoms with Gasteiger partial charge in [0.25, 0.3) is 5.91 Å². The minimum atomic E-state index is -0.461. The molecule has 0 saturated carbocycles. The Morgan fingerprint density at radius 1 is 1.09 bits per heavy atom. The highest BCUT2D eigenvalue weighted by atomic mass is 35.5. The molecule has 0 spiro atoms. The number of hydrogen-bond donors (Lipinski definition) is 2. The molecule has 3 aromatic carbocycles. The Hall–Kier alpha value is -3.13. The molecule has 0 aliphatic rings. The molecule has 0 aliphatic carbocycles. The third kappa shape index (κ3) is 4.70. The first kappa shape index (κ1) is 22.1. The van der Waals surface area contributed by atoms with E-state index in [1.54, 1.807) is 25.3 Å². The van der Waals surface area contributed by atoms with Crippen LogP contribution in [0, 0.1) is 6.92 Å². The second-order valence-corrected chi connectivity index (χ2v) is 8.17. The van der Waals surface area contributed by atoms with Gasteiger partial charge in [-0.2, -0.15) is 0 Å². The van der Waals surface area contributed by atoms with E-state index in [-0.39, 0.29) is 15.7 Å². The van der Waals surface area contributed by atoms with Crippen molar-refractivity contribution in [2.45, 2.75) is 6.92 Å². The average molecular weight is 486 g/mol. The van der Waals surface area contributed by atoms with Gasteiger partial charge in [0.05, 0.1) is 17.7 Å². The zero-order chi connectivity index (χ0) is 22.8. The van der Waals surface area contributed by atoms with E-state index >= 15 is 0 Å². The first-order valence-electron chi connectivity index (χ1n) is 9.47. The summed E-state index contributed by atoms with van der Waals surface area (Å²) in [6.07, 6.45) is 0. The molecule has 1 heterocycles. The van der Waals surface area contributed by atoms with Gasteiger partial charge in [0.1, 0.15) is 11.3 Å². The second kappa shape index (κ2) is 9.16. The van der Waals surface area contributed by atoms with Crippen LogP contribution in [0.4, 0.5) is 5.69 Å². The summed E-state index contributed by atoms with van der Waals surface area (Å²) in [5, 5.41) is 6.46. The molecule has 4 rings (SSSR count). The van der Waals surface area contributed by atoms with Gasteiger partial charge in [-0.25, -0.2) is 4.98 Å². The fourth-order valence-electron chi connectivity index (χ4n) is 3.04. The lowest BCUT2D eigenvalue weighted by atomic mass is 10.1. The van der Waals surface area contributed by atoms with Crippen LogP contribution in [0.3, 0.4) is 0 Å². The Bertz CT molecular complexity index is 1350. The molecular formula is C23H17Cl2N3O3S. The Morgan fingerprint density at radius 2 is 1.91 bits per heavy atom. The zero-order valence-electron chi connectivity index (χ0n) is 17.0. The summed E-state index contributed by atoms with van der Waals surface area (Å²) >= 11 is 17.4. The first-order chi connectivity index (χ1) is 15.3. The van der Waals surface area contributed by atoms with Crippen LogP contribution in [0.25, 0.3) is 22.6 Å². The number of oxazole rings is 1. The number of ether oxygens (including phenoxy) is 1. The van der Waals surface area contributed by atoms with Gasteiger partial charge in [0.2, 0.25) is 5.89 Å². The van der Waals surface area contributed by atoms with Gasteiger partial charge in [0.15, 0.2) is 10.7 Å². The highest BCUT2D eigenvalue weighted by molar-refractivity contribution is 7.80. The number of amides is 1. The van der Waals surface area contributed by atoms with E-state index < -0.39 is 5.91 Å². The van der Waals surface area contributed by atoms with E-state index in [0.717, 1.165) is 11.1 Å². The highest BCUT2D eigenvalue weighted by Gasteiger charge is 2.15. The number of methoxy groups -OCH3 is 1. The summed E-state index contributed by atoms with van der Waals surface area (Å²) in [4.78, 5) is 17.1. The molecule has 0 aliphatic heterocycles. The fraction of sp³-hybridized carbons (Fsp3) is 0.0870. The molecule has 0 atom stereocenters. The van der Waals surface area contributed by atoms with Crippen LogP contribution in [0.2, 0.25) is 10.0 Å². The molecule has 1 aromatic heterocycles. The third-order valence-electron chi connectivity index (χ3n) is 4.73. The number of aromatic nitrogens is 1. The number of halogens is 2. The van der Waals surface area contributed by atoms with Gasteiger partial charge >= 0.3 is 0 Å². The minimum absolute atomic E-state index is 0.119. The van der Waals surface area contributed by atoms with E-state index in [9.17, 15) is 4.79 Å². The molecule has 0 bridgehead atoms. The summed E-state index contributed by atoms with van der Waals surface area (Å²) in [6.45, 7) is 1.92. The van der Waals surface area contributed by atoms with Crippen molar-refractivity contribution in [2.24, 2.45) is 0 Å². The van der Waals surface area contributed by atoms with Crippen LogP contribution >= 0.6 is 35.4 Å². The SMILES string of the molecule is COc1ccc2oc(-c3ccc(C)c(NC(=S)NC(=O)c4cc(Cl)ccc4Cl)c3)nc2c1. The van der Waals surface area contributed by atoms with Crippen molar-refractivity contribution in [1.82, 2.24) is 10.3 Å². The summed E-state index contributed by atoms with van der Waals surface area (Å²) in [6, 6.07) is 15.7. The molecule has 1 amide bonds. The molecule has 0 unspecified atom stereocenters. The van der Waals surface area contributed by atoms with Gasteiger partial charge < -0.3 is 14.5 Å². The number of nitrogens with one attached hydrogen (secondary N) is 2. The van der Waals surface area contributed by atoms with Gasteiger partial charge in [-0.3, -0.25) is 10.1 Å². The molecular weight excluding hydrogens is 469 g/mol. The number of anilines is 1. The minimum Gasteiger partial charge on any atom is -0.497 e. The molecule has 4 aromatic rings. The van der Waals surface area contributed by atoms with Crippen LogP contribution in [0.15, 0.2) is 59.0 Å². The van der Waals surface area contributed by atoms with Crippen molar-refractivity contribution in [3.63, 3.8) is 0 Å². The number of nitrogens with zero attached hydrogens (tertiary/aromatic N) is 1. The van der Waals surface area contributed by atoms with Crippen molar-refractivity contribution in [3.05, 3.63) is 75.8 Å². The largest absolute Gasteiger partial charge is 0.497 e. The quantitative estimate of drug-likeness (QED) is 0.333.